The summed E-state index contributed by atoms with van der Waals surface area (Å²) < 4.78 is 0. The summed E-state index contributed by atoms with van der Waals surface area (Å²) in [7, 11) is 0. The number of phenols is 1. The van der Waals surface area contributed by atoms with E-state index in [1.807, 2.05) is 0 Å². The van der Waals surface area contributed by atoms with Gasteiger partial charge in [-0.1, -0.05) is 0 Å². The van der Waals surface area contributed by atoms with Gasteiger partial charge < -0.3 is 10.8 Å². The summed E-state index contributed by atoms with van der Waals surface area (Å²) in [6.45, 7) is 0. The van der Waals surface area contributed by atoms with Crippen molar-refractivity contribution in [1.82, 2.24) is 0 Å². The van der Waals surface area contributed by atoms with Crippen LogP contribution in [0.1, 0.15) is 24.0 Å². The molecule has 72 valence electrons. The van der Waals surface area contributed by atoms with Crippen LogP contribution in [0.4, 0.5) is 5.69 Å². The number of nitrogens with two attached hydrogens (primary N) is 1. The van der Waals surface area contributed by atoms with Crippen LogP contribution >= 0.6 is 12.4 Å². The Morgan fingerprint density at radius 3 is 2.31 bits per heavy atom. The molecule has 0 radical (unpaired) electrons. The molecule has 13 heavy (non-hydrogen) atoms. The van der Waals surface area contributed by atoms with E-state index in [1.54, 1.807) is 12.1 Å². The van der Waals surface area contributed by atoms with Crippen molar-refractivity contribution >= 4 is 18.1 Å². The second kappa shape index (κ2) is 3.88. The maximum atomic E-state index is 9.53. The molecule has 0 aliphatic heterocycles. The zero-order valence-electron chi connectivity index (χ0n) is 7.42. The van der Waals surface area contributed by atoms with E-state index in [0.29, 0.717) is 5.75 Å². The number of rotatable bonds is 0. The summed E-state index contributed by atoms with van der Waals surface area (Å²) in [5.41, 5.74) is 8.87. The summed E-state index contributed by atoms with van der Waals surface area (Å²) >= 11 is 0. The third kappa shape index (κ3) is 1.73. The average Bonchev–Trinajstić information content (AvgIpc) is 2.12. The van der Waals surface area contributed by atoms with Crippen molar-refractivity contribution < 1.29 is 5.11 Å². The zero-order valence-corrected chi connectivity index (χ0v) is 8.23. The fraction of sp³-hybridized carbons (Fsp3) is 0.400. The lowest BCUT2D eigenvalue weighted by atomic mass is 9.90. The Morgan fingerprint density at radius 1 is 1.08 bits per heavy atom. The number of phenolic OH excluding ortho intramolecular Hbond substituents is 1. The molecule has 0 amide bonds. The molecule has 0 fully saturated rings. The fourth-order valence-corrected chi connectivity index (χ4v) is 1.88. The number of benzene rings is 1. The lowest BCUT2D eigenvalue weighted by Gasteiger charge is -2.18. The topological polar surface area (TPSA) is 46.2 Å². The molecule has 0 saturated heterocycles. The minimum absolute atomic E-state index is 0. The molecule has 0 saturated carbocycles. The van der Waals surface area contributed by atoms with Crippen molar-refractivity contribution in [2.24, 2.45) is 0 Å². The predicted octanol–water partition coefficient (Wildman–Crippen LogP) is 2.28. The molecular weight excluding hydrogens is 186 g/mol. The summed E-state index contributed by atoms with van der Waals surface area (Å²) in [6.07, 6.45) is 4.37. The molecule has 0 aromatic heterocycles. The molecule has 1 aromatic carbocycles. The Labute approximate surface area is 84.2 Å². The van der Waals surface area contributed by atoms with Gasteiger partial charge in [0.15, 0.2) is 0 Å². The second-order valence-corrected chi connectivity index (χ2v) is 3.34. The number of hydrogen-bond donors (Lipinski definition) is 2. The van der Waals surface area contributed by atoms with Crippen LogP contribution in [0.15, 0.2) is 12.1 Å². The van der Waals surface area contributed by atoms with E-state index in [0.717, 1.165) is 24.1 Å². The fourth-order valence-electron chi connectivity index (χ4n) is 1.88. The number of hydrogen-bond acceptors (Lipinski definition) is 2. The van der Waals surface area contributed by atoms with E-state index in [1.165, 1.54) is 18.4 Å². The highest BCUT2D eigenvalue weighted by molar-refractivity contribution is 5.85. The largest absolute Gasteiger partial charge is 0.508 e. The Kier molecular flexibility index (Phi) is 3.04. The molecule has 1 aliphatic rings. The van der Waals surface area contributed by atoms with Crippen LogP contribution in [0.25, 0.3) is 0 Å². The van der Waals surface area contributed by atoms with Crippen molar-refractivity contribution in [2.75, 3.05) is 5.73 Å². The van der Waals surface area contributed by atoms with Gasteiger partial charge in [-0.2, -0.15) is 0 Å². The lowest BCUT2D eigenvalue weighted by molar-refractivity contribution is 0.462. The molecule has 0 atom stereocenters. The van der Waals surface area contributed by atoms with Gasteiger partial charge in [0, 0.05) is 5.69 Å². The first-order chi connectivity index (χ1) is 5.79. The Hall–Kier alpha value is -0.890. The van der Waals surface area contributed by atoms with E-state index < -0.39 is 0 Å². The first-order valence-corrected chi connectivity index (χ1v) is 4.38. The molecule has 2 rings (SSSR count). The predicted molar refractivity (Wildman–Crippen MR) is 56.4 cm³/mol. The van der Waals surface area contributed by atoms with Gasteiger partial charge in [-0.15, -0.1) is 12.4 Å². The van der Waals surface area contributed by atoms with Crippen LogP contribution < -0.4 is 5.73 Å². The Balaban J connectivity index is 0.000000845. The lowest BCUT2D eigenvalue weighted by Crippen LogP contribution is -2.06. The van der Waals surface area contributed by atoms with Gasteiger partial charge in [0.05, 0.1) is 0 Å². The van der Waals surface area contributed by atoms with E-state index >= 15 is 0 Å². The monoisotopic (exact) mass is 199 g/mol. The van der Waals surface area contributed by atoms with Crippen LogP contribution in [0, 0.1) is 0 Å². The number of anilines is 1. The van der Waals surface area contributed by atoms with Gasteiger partial charge in [0.1, 0.15) is 5.75 Å². The normalized spacial score (nSPS) is 14.5. The summed E-state index contributed by atoms with van der Waals surface area (Å²) in [5.74, 6) is 0.416. The van der Waals surface area contributed by atoms with Crippen LogP contribution in [0.5, 0.6) is 5.75 Å². The highest BCUT2D eigenvalue weighted by Gasteiger charge is 2.14. The maximum absolute atomic E-state index is 9.53. The first-order valence-electron chi connectivity index (χ1n) is 4.38. The van der Waals surface area contributed by atoms with Gasteiger partial charge in [-0.05, 0) is 48.9 Å². The number of fused-ring (bicyclic) bond motifs is 1. The van der Waals surface area contributed by atoms with Gasteiger partial charge in [0.2, 0.25) is 0 Å². The SMILES string of the molecule is Cl.Nc1ccc(O)c2c1CCCC2. The average molecular weight is 200 g/mol. The molecule has 3 N–H and O–H groups in total. The Bertz CT molecular complexity index is 281. The van der Waals surface area contributed by atoms with Crippen molar-refractivity contribution in [1.29, 1.82) is 0 Å². The van der Waals surface area contributed by atoms with Crippen molar-refractivity contribution in [2.45, 2.75) is 25.7 Å². The molecule has 0 unspecified atom stereocenters. The molecule has 0 spiro atoms. The van der Waals surface area contributed by atoms with E-state index in [4.69, 9.17) is 5.73 Å². The van der Waals surface area contributed by atoms with E-state index in [2.05, 4.69) is 0 Å². The molecular formula is C10H14ClNO. The highest BCUT2D eigenvalue weighted by atomic mass is 35.5. The van der Waals surface area contributed by atoms with Gasteiger partial charge >= 0.3 is 0 Å². The number of nitrogen functional groups attached to an aromatic ring is 1. The van der Waals surface area contributed by atoms with Crippen LogP contribution in [0.3, 0.4) is 0 Å². The van der Waals surface area contributed by atoms with Crippen molar-refractivity contribution in [3.05, 3.63) is 23.3 Å². The zero-order chi connectivity index (χ0) is 8.55. The quantitative estimate of drug-likeness (QED) is 0.498. The van der Waals surface area contributed by atoms with Crippen LogP contribution in [-0.4, -0.2) is 5.11 Å². The van der Waals surface area contributed by atoms with Crippen LogP contribution in [0.2, 0.25) is 0 Å². The smallest absolute Gasteiger partial charge is 0.119 e. The third-order valence-electron chi connectivity index (χ3n) is 2.55. The van der Waals surface area contributed by atoms with Crippen molar-refractivity contribution in [3.8, 4) is 5.75 Å². The molecule has 1 aliphatic carbocycles. The van der Waals surface area contributed by atoms with Gasteiger partial charge in [-0.25, -0.2) is 0 Å². The minimum Gasteiger partial charge on any atom is -0.508 e. The number of aromatic hydroxyl groups is 1. The maximum Gasteiger partial charge on any atom is 0.119 e. The third-order valence-corrected chi connectivity index (χ3v) is 2.55. The van der Waals surface area contributed by atoms with E-state index in [-0.39, 0.29) is 12.4 Å². The second-order valence-electron chi connectivity index (χ2n) is 3.34. The van der Waals surface area contributed by atoms with Gasteiger partial charge in [-0.3, -0.25) is 0 Å². The summed E-state index contributed by atoms with van der Waals surface area (Å²) in [5, 5.41) is 9.53. The summed E-state index contributed by atoms with van der Waals surface area (Å²) in [4.78, 5) is 0. The van der Waals surface area contributed by atoms with Gasteiger partial charge in [0.25, 0.3) is 0 Å². The van der Waals surface area contributed by atoms with Crippen molar-refractivity contribution in [3.63, 3.8) is 0 Å². The minimum atomic E-state index is 0. The highest BCUT2D eigenvalue weighted by Crippen LogP contribution is 2.32. The Morgan fingerprint density at radius 2 is 1.69 bits per heavy atom. The molecule has 0 bridgehead atoms. The molecule has 3 heteroatoms. The summed E-state index contributed by atoms with van der Waals surface area (Å²) in [6, 6.07) is 3.49. The number of halogens is 1. The molecule has 1 aromatic rings. The molecule has 0 heterocycles. The first kappa shape index (κ1) is 10.2. The standard InChI is InChI=1S/C10H13NO.ClH/c11-9-5-6-10(12)8-4-2-1-3-7(8)9;/h5-6,12H,1-4,11H2;1H. The van der Waals surface area contributed by atoms with E-state index in [9.17, 15) is 5.11 Å². The van der Waals surface area contributed by atoms with Crippen LogP contribution in [-0.2, 0) is 12.8 Å². The molecule has 2 nitrogen and oxygen atoms in total.